The Morgan fingerprint density at radius 3 is 2.52 bits per heavy atom. The molecule has 3 rings (SSSR count). The molecule has 2 N–H and O–H groups in total. The molecule has 1 aromatic rings. The number of hydrogen-bond acceptors (Lipinski definition) is 3. The Bertz CT molecular complexity index is 524. The lowest BCUT2D eigenvalue weighted by atomic mass is 9.85. The number of phenols is 1. The fourth-order valence-electron chi connectivity index (χ4n) is 3.71. The van der Waals surface area contributed by atoms with Crippen molar-refractivity contribution < 1.29 is 5.11 Å². The van der Waals surface area contributed by atoms with E-state index in [1.54, 1.807) is 0 Å². The molecule has 116 valence electrons. The summed E-state index contributed by atoms with van der Waals surface area (Å²) in [6, 6.07) is 0. The molecule has 1 aliphatic carbocycles. The van der Waals surface area contributed by atoms with E-state index in [0.717, 1.165) is 57.5 Å². The Kier molecular flexibility index (Phi) is 4.72. The highest BCUT2D eigenvalue weighted by Gasteiger charge is 2.22. The molecular weight excluding hydrogens is 284 g/mol. The monoisotopic (exact) mass is 308 g/mol. The average Bonchev–Trinajstić information content (AvgIpc) is 2.54. The summed E-state index contributed by atoms with van der Waals surface area (Å²) in [4.78, 5) is 2.46. The van der Waals surface area contributed by atoms with Crippen molar-refractivity contribution in [3.8, 4) is 5.75 Å². The van der Waals surface area contributed by atoms with E-state index in [1.165, 1.54) is 29.5 Å². The minimum Gasteiger partial charge on any atom is -0.506 e. The number of halogens is 1. The Morgan fingerprint density at radius 2 is 1.81 bits per heavy atom. The summed E-state index contributed by atoms with van der Waals surface area (Å²) < 4.78 is 0. The molecule has 1 heterocycles. The van der Waals surface area contributed by atoms with E-state index in [4.69, 9.17) is 11.6 Å². The van der Waals surface area contributed by atoms with Gasteiger partial charge in [-0.2, -0.15) is 0 Å². The Hall–Kier alpha value is -0.770. The van der Waals surface area contributed by atoms with Gasteiger partial charge in [0.15, 0.2) is 0 Å². The van der Waals surface area contributed by atoms with E-state index < -0.39 is 0 Å². The SMILES string of the molecule is Cc1c(CCN2CCNCC2)c(O)c(Cl)c2c1CCCC2. The Balaban J connectivity index is 1.82. The van der Waals surface area contributed by atoms with Crippen molar-refractivity contribution in [1.82, 2.24) is 10.2 Å². The molecule has 1 fully saturated rings. The summed E-state index contributed by atoms with van der Waals surface area (Å²) in [7, 11) is 0. The fraction of sp³-hybridized carbons (Fsp3) is 0.647. The molecule has 3 nitrogen and oxygen atoms in total. The van der Waals surface area contributed by atoms with Crippen molar-refractivity contribution in [2.24, 2.45) is 0 Å². The van der Waals surface area contributed by atoms with Crippen LogP contribution in [0.4, 0.5) is 0 Å². The molecule has 1 saturated heterocycles. The third-order valence-corrected chi connectivity index (χ3v) is 5.43. The molecule has 1 aliphatic heterocycles. The van der Waals surface area contributed by atoms with Crippen LogP contribution in [0.3, 0.4) is 0 Å². The number of rotatable bonds is 3. The minimum absolute atomic E-state index is 0.338. The average molecular weight is 309 g/mol. The normalized spacial score (nSPS) is 19.5. The van der Waals surface area contributed by atoms with Crippen molar-refractivity contribution in [3.63, 3.8) is 0 Å². The number of fused-ring (bicyclic) bond motifs is 1. The molecular formula is C17H25ClN2O. The Labute approximate surface area is 132 Å². The van der Waals surface area contributed by atoms with Gasteiger partial charge in [0.05, 0.1) is 5.02 Å². The highest BCUT2D eigenvalue weighted by atomic mass is 35.5. The first-order valence-corrected chi connectivity index (χ1v) is 8.51. The van der Waals surface area contributed by atoms with Crippen LogP contribution in [0, 0.1) is 6.92 Å². The topological polar surface area (TPSA) is 35.5 Å². The summed E-state index contributed by atoms with van der Waals surface area (Å²) in [6.07, 6.45) is 5.45. The van der Waals surface area contributed by atoms with Crippen LogP contribution in [0.2, 0.25) is 5.02 Å². The lowest BCUT2D eigenvalue weighted by Gasteiger charge is -2.28. The van der Waals surface area contributed by atoms with E-state index in [0.29, 0.717) is 10.8 Å². The van der Waals surface area contributed by atoms with Gasteiger partial charge in [-0.3, -0.25) is 0 Å². The standard InChI is InChI=1S/C17H25ClN2O/c1-12-13-4-2-3-5-15(13)16(18)17(21)14(12)6-9-20-10-7-19-8-11-20/h19,21H,2-11H2,1H3. The van der Waals surface area contributed by atoms with Gasteiger partial charge in [-0.15, -0.1) is 0 Å². The number of phenolic OH excluding ortho intramolecular Hbond substituents is 1. The van der Waals surface area contributed by atoms with E-state index >= 15 is 0 Å². The van der Waals surface area contributed by atoms with Crippen LogP contribution in [0.5, 0.6) is 5.75 Å². The summed E-state index contributed by atoms with van der Waals surface area (Å²) in [5, 5.41) is 14.5. The molecule has 0 bridgehead atoms. The van der Waals surface area contributed by atoms with Gasteiger partial charge < -0.3 is 15.3 Å². The zero-order valence-corrected chi connectivity index (χ0v) is 13.6. The molecule has 21 heavy (non-hydrogen) atoms. The first kappa shape index (κ1) is 15.1. The predicted octanol–water partition coefficient (Wildman–Crippen LogP) is 2.68. The van der Waals surface area contributed by atoms with Crippen molar-refractivity contribution in [2.45, 2.75) is 39.0 Å². The van der Waals surface area contributed by atoms with Gasteiger partial charge in [-0.25, -0.2) is 0 Å². The zero-order valence-electron chi connectivity index (χ0n) is 12.8. The second-order valence-corrected chi connectivity index (χ2v) is 6.65. The highest BCUT2D eigenvalue weighted by molar-refractivity contribution is 6.33. The minimum atomic E-state index is 0.338. The molecule has 0 spiro atoms. The third-order valence-electron chi connectivity index (χ3n) is 5.02. The first-order valence-electron chi connectivity index (χ1n) is 8.13. The molecule has 0 radical (unpaired) electrons. The predicted molar refractivity (Wildman–Crippen MR) is 87.5 cm³/mol. The maximum absolute atomic E-state index is 10.5. The van der Waals surface area contributed by atoms with Crippen LogP contribution in [-0.4, -0.2) is 42.7 Å². The lowest BCUT2D eigenvalue weighted by Crippen LogP contribution is -2.44. The number of piperazine rings is 1. The van der Waals surface area contributed by atoms with Gasteiger partial charge in [0.1, 0.15) is 5.75 Å². The van der Waals surface area contributed by atoms with E-state index in [-0.39, 0.29) is 0 Å². The summed E-state index contributed by atoms with van der Waals surface area (Å²) in [5.41, 5.74) is 4.95. The van der Waals surface area contributed by atoms with Crippen molar-refractivity contribution in [1.29, 1.82) is 0 Å². The van der Waals surface area contributed by atoms with Crippen molar-refractivity contribution in [2.75, 3.05) is 32.7 Å². The summed E-state index contributed by atoms with van der Waals surface area (Å²) >= 11 is 6.44. The van der Waals surface area contributed by atoms with Gasteiger partial charge in [0, 0.05) is 32.7 Å². The van der Waals surface area contributed by atoms with Crippen LogP contribution in [0.15, 0.2) is 0 Å². The molecule has 0 aromatic heterocycles. The molecule has 4 heteroatoms. The molecule has 0 amide bonds. The smallest absolute Gasteiger partial charge is 0.137 e. The number of benzene rings is 1. The number of nitrogens with zero attached hydrogens (tertiary/aromatic N) is 1. The van der Waals surface area contributed by atoms with Crippen LogP contribution in [0.1, 0.15) is 35.1 Å². The van der Waals surface area contributed by atoms with E-state index in [1.807, 2.05) is 0 Å². The largest absolute Gasteiger partial charge is 0.506 e. The van der Waals surface area contributed by atoms with E-state index in [2.05, 4.69) is 17.1 Å². The maximum atomic E-state index is 10.5. The zero-order chi connectivity index (χ0) is 14.8. The van der Waals surface area contributed by atoms with Crippen molar-refractivity contribution >= 4 is 11.6 Å². The number of nitrogens with one attached hydrogen (secondary N) is 1. The van der Waals surface area contributed by atoms with Gasteiger partial charge in [-0.1, -0.05) is 11.6 Å². The van der Waals surface area contributed by atoms with Crippen LogP contribution in [-0.2, 0) is 19.3 Å². The second kappa shape index (κ2) is 6.55. The quantitative estimate of drug-likeness (QED) is 0.901. The molecule has 0 atom stereocenters. The lowest BCUT2D eigenvalue weighted by molar-refractivity contribution is 0.243. The van der Waals surface area contributed by atoms with Crippen LogP contribution >= 0.6 is 11.6 Å². The molecule has 0 saturated carbocycles. The van der Waals surface area contributed by atoms with Crippen LogP contribution in [0.25, 0.3) is 0 Å². The number of aromatic hydroxyl groups is 1. The molecule has 1 aromatic carbocycles. The van der Waals surface area contributed by atoms with Crippen LogP contribution < -0.4 is 5.32 Å². The Morgan fingerprint density at radius 1 is 1.14 bits per heavy atom. The second-order valence-electron chi connectivity index (χ2n) is 6.27. The highest BCUT2D eigenvalue weighted by Crippen LogP contribution is 2.40. The van der Waals surface area contributed by atoms with Gasteiger partial charge in [0.25, 0.3) is 0 Å². The third kappa shape index (κ3) is 3.05. The van der Waals surface area contributed by atoms with Gasteiger partial charge in [-0.05, 0) is 61.3 Å². The van der Waals surface area contributed by atoms with Gasteiger partial charge in [0.2, 0.25) is 0 Å². The summed E-state index contributed by atoms with van der Waals surface area (Å²) in [6.45, 7) is 7.49. The summed E-state index contributed by atoms with van der Waals surface area (Å²) in [5.74, 6) is 0.338. The first-order chi connectivity index (χ1) is 10.2. The molecule has 2 aliphatic rings. The maximum Gasteiger partial charge on any atom is 0.137 e. The fourth-order valence-corrected chi connectivity index (χ4v) is 4.03. The van der Waals surface area contributed by atoms with Crippen molar-refractivity contribution in [3.05, 3.63) is 27.3 Å². The molecule has 0 unspecified atom stereocenters. The van der Waals surface area contributed by atoms with E-state index in [9.17, 15) is 5.11 Å². The number of hydrogen-bond donors (Lipinski definition) is 2. The van der Waals surface area contributed by atoms with Gasteiger partial charge >= 0.3 is 0 Å².